The number of aromatic amines is 1. The van der Waals surface area contributed by atoms with Crippen LogP contribution in [0, 0.1) is 0 Å². The number of ether oxygens (including phenoxy) is 1. The van der Waals surface area contributed by atoms with Gasteiger partial charge in [-0.25, -0.2) is 4.79 Å². The number of nitrogen functional groups attached to an aromatic ring is 1. The molecule has 1 aromatic heterocycles. The Morgan fingerprint density at radius 3 is 2.80 bits per heavy atom. The molecule has 0 radical (unpaired) electrons. The molecule has 0 saturated heterocycles. The summed E-state index contributed by atoms with van der Waals surface area (Å²) in [5, 5.41) is 1.20. The van der Waals surface area contributed by atoms with Crippen molar-refractivity contribution in [2.75, 3.05) is 12.8 Å². The molecule has 5 heteroatoms. The summed E-state index contributed by atoms with van der Waals surface area (Å²) in [7, 11) is 1.86. The number of aromatic nitrogens is 1. The van der Waals surface area contributed by atoms with Crippen LogP contribution in [0.1, 0.15) is 57.9 Å². The van der Waals surface area contributed by atoms with E-state index < -0.39 is 5.60 Å². The van der Waals surface area contributed by atoms with Crippen molar-refractivity contribution in [3.63, 3.8) is 0 Å². The number of H-pyrrole nitrogens is 1. The molecule has 3 N–H and O–H groups in total. The lowest BCUT2D eigenvalue weighted by Gasteiger charge is -2.36. The lowest BCUT2D eigenvalue weighted by Crippen LogP contribution is -2.42. The van der Waals surface area contributed by atoms with Crippen molar-refractivity contribution in [3.05, 3.63) is 30.0 Å². The second-order valence-electron chi connectivity index (χ2n) is 8.16. The van der Waals surface area contributed by atoms with Crippen LogP contribution in [-0.2, 0) is 4.74 Å². The first-order valence-electron chi connectivity index (χ1n) is 9.07. The number of nitrogens with one attached hydrogen (secondary N) is 1. The minimum atomic E-state index is -0.465. The number of fused-ring (bicyclic) bond motifs is 1. The normalized spacial score (nSPS) is 21.3. The van der Waals surface area contributed by atoms with Gasteiger partial charge in [0.1, 0.15) is 5.60 Å². The summed E-state index contributed by atoms with van der Waals surface area (Å²) >= 11 is 0. The van der Waals surface area contributed by atoms with Gasteiger partial charge in [0.05, 0.1) is 0 Å². The average Bonchev–Trinajstić information content (AvgIpc) is 2.95. The van der Waals surface area contributed by atoms with Gasteiger partial charge < -0.3 is 20.4 Å². The molecular weight excluding hydrogens is 314 g/mol. The van der Waals surface area contributed by atoms with Crippen molar-refractivity contribution < 1.29 is 9.53 Å². The topological polar surface area (TPSA) is 71.3 Å². The number of anilines is 1. The van der Waals surface area contributed by atoms with Gasteiger partial charge in [-0.05, 0) is 69.7 Å². The number of hydrogen-bond acceptors (Lipinski definition) is 3. The fourth-order valence-corrected chi connectivity index (χ4v) is 3.78. The fourth-order valence-electron chi connectivity index (χ4n) is 3.78. The van der Waals surface area contributed by atoms with Gasteiger partial charge in [-0.1, -0.05) is 6.42 Å². The molecule has 1 fully saturated rings. The van der Waals surface area contributed by atoms with Gasteiger partial charge in [-0.2, -0.15) is 0 Å². The Bertz CT molecular complexity index is 760. The maximum Gasteiger partial charge on any atom is 0.410 e. The van der Waals surface area contributed by atoms with Gasteiger partial charge >= 0.3 is 6.09 Å². The maximum absolute atomic E-state index is 12.4. The van der Waals surface area contributed by atoms with E-state index in [0.29, 0.717) is 5.92 Å². The molecule has 0 bridgehead atoms. The standard InChI is InChI=1S/C20H29N3O2/c1-20(2,3)25-19(24)23(4)15-7-5-6-13(10-15)17-12-22-18-9-8-14(21)11-16(17)18/h8-9,11-13,15,22H,5-7,10,21H2,1-4H3/t13-,15-/m0/s1. The molecular formula is C20H29N3O2. The smallest absolute Gasteiger partial charge is 0.410 e. The first-order valence-corrected chi connectivity index (χ1v) is 9.07. The van der Waals surface area contributed by atoms with Gasteiger partial charge in [0, 0.05) is 35.9 Å². The predicted molar refractivity (Wildman–Crippen MR) is 102 cm³/mol. The summed E-state index contributed by atoms with van der Waals surface area (Å²) in [6, 6.07) is 6.20. The zero-order valence-electron chi connectivity index (χ0n) is 15.6. The molecule has 136 valence electrons. The van der Waals surface area contributed by atoms with Crippen LogP contribution in [0.25, 0.3) is 10.9 Å². The number of nitrogens with two attached hydrogens (primary N) is 1. The molecule has 0 unspecified atom stereocenters. The summed E-state index contributed by atoms with van der Waals surface area (Å²) < 4.78 is 5.53. The Balaban J connectivity index is 1.76. The van der Waals surface area contributed by atoms with Crippen LogP contribution in [0.3, 0.4) is 0 Å². The average molecular weight is 343 g/mol. The van der Waals surface area contributed by atoms with Gasteiger partial charge in [-0.15, -0.1) is 0 Å². The number of amides is 1. The van der Waals surface area contributed by atoms with Crippen LogP contribution in [0.15, 0.2) is 24.4 Å². The molecule has 0 aliphatic heterocycles. The minimum Gasteiger partial charge on any atom is -0.444 e. The van der Waals surface area contributed by atoms with Crippen LogP contribution in [0.2, 0.25) is 0 Å². The second-order valence-corrected chi connectivity index (χ2v) is 8.16. The van der Waals surface area contributed by atoms with E-state index in [9.17, 15) is 4.79 Å². The summed E-state index contributed by atoms with van der Waals surface area (Å²) in [6.07, 6.45) is 6.10. The molecule has 2 aromatic rings. The summed E-state index contributed by atoms with van der Waals surface area (Å²) in [6.45, 7) is 5.70. The van der Waals surface area contributed by atoms with E-state index in [2.05, 4.69) is 11.2 Å². The highest BCUT2D eigenvalue weighted by molar-refractivity contribution is 5.86. The number of benzene rings is 1. The number of carbonyl (C=O) groups is 1. The van der Waals surface area contributed by atoms with E-state index in [1.807, 2.05) is 46.0 Å². The molecule has 2 atom stereocenters. The van der Waals surface area contributed by atoms with Crippen molar-refractivity contribution in [2.24, 2.45) is 0 Å². The Hall–Kier alpha value is -2.17. The molecule has 1 saturated carbocycles. The molecule has 1 aliphatic rings. The Labute approximate surface area is 149 Å². The van der Waals surface area contributed by atoms with E-state index in [1.54, 1.807) is 4.90 Å². The van der Waals surface area contributed by atoms with Gasteiger partial charge in [-0.3, -0.25) is 0 Å². The highest BCUT2D eigenvalue weighted by atomic mass is 16.6. The van der Waals surface area contributed by atoms with Gasteiger partial charge in [0.15, 0.2) is 0 Å². The maximum atomic E-state index is 12.4. The molecule has 5 nitrogen and oxygen atoms in total. The van der Waals surface area contributed by atoms with Crippen molar-refractivity contribution in [2.45, 2.75) is 64.0 Å². The quantitative estimate of drug-likeness (QED) is 0.780. The van der Waals surface area contributed by atoms with E-state index in [-0.39, 0.29) is 12.1 Å². The third-order valence-corrected chi connectivity index (χ3v) is 5.05. The van der Waals surface area contributed by atoms with Crippen LogP contribution in [0.5, 0.6) is 0 Å². The Kier molecular flexibility index (Phi) is 4.67. The molecule has 3 rings (SSSR count). The highest BCUT2D eigenvalue weighted by Gasteiger charge is 2.31. The lowest BCUT2D eigenvalue weighted by atomic mass is 9.81. The zero-order valence-corrected chi connectivity index (χ0v) is 15.6. The van der Waals surface area contributed by atoms with E-state index in [4.69, 9.17) is 10.5 Å². The number of nitrogens with zero attached hydrogens (tertiary/aromatic N) is 1. The zero-order chi connectivity index (χ0) is 18.2. The summed E-state index contributed by atoms with van der Waals surface area (Å²) in [4.78, 5) is 17.5. The first-order chi connectivity index (χ1) is 11.7. The molecule has 0 spiro atoms. The van der Waals surface area contributed by atoms with Crippen LogP contribution in [-0.4, -0.2) is 34.7 Å². The molecule has 1 heterocycles. The minimum absolute atomic E-state index is 0.208. The van der Waals surface area contributed by atoms with E-state index in [0.717, 1.165) is 36.9 Å². The molecule has 25 heavy (non-hydrogen) atoms. The highest BCUT2D eigenvalue weighted by Crippen LogP contribution is 2.38. The molecule has 1 amide bonds. The van der Waals surface area contributed by atoms with Crippen LogP contribution < -0.4 is 5.73 Å². The number of carbonyl (C=O) groups excluding carboxylic acids is 1. The van der Waals surface area contributed by atoms with Crippen LogP contribution >= 0.6 is 0 Å². The SMILES string of the molecule is CN(C(=O)OC(C)(C)C)[C@H]1CCC[C@H](c2c[nH]c3ccc(N)cc23)C1. The van der Waals surface area contributed by atoms with Crippen molar-refractivity contribution >= 4 is 22.7 Å². The van der Waals surface area contributed by atoms with Crippen molar-refractivity contribution in [1.82, 2.24) is 9.88 Å². The predicted octanol–water partition coefficient (Wildman–Crippen LogP) is 4.64. The largest absolute Gasteiger partial charge is 0.444 e. The number of rotatable bonds is 2. The monoisotopic (exact) mass is 343 g/mol. The third-order valence-electron chi connectivity index (χ3n) is 5.05. The Morgan fingerprint density at radius 1 is 1.32 bits per heavy atom. The lowest BCUT2D eigenvalue weighted by molar-refractivity contribution is 0.0180. The molecule has 1 aromatic carbocycles. The fraction of sp³-hybridized carbons (Fsp3) is 0.550. The summed E-state index contributed by atoms with van der Waals surface area (Å²) in [5.41, 5.74) is 8.72. The Morgan fingerprint density at radius 2 is 2.08 bits per heavy atom. The van der Waals surface area contributed by atoms with E-state index >= 15 is 0 Å². The number of hydrogen-bond donors (Lipinski definition) is 2. The van der Waals surface area contributed by atoms with Gasteiger partial charge in [0.2, 0.25) is 0 Å². The van der Waals surface area contributed by atoms with E-state index in [1.165, 1.54) is 10.9 Å². The summed E-state index contributed by atoms with van der Waals surface area (Å²) in [5.74, 6) is 0.430. The first kappa shape index (κ1) is 17.6. The van der Waals surface area contributed by atoms with Gasteiger partial charge in [0.25, 0.3) is 0 Å². The van der Waals surface area contributed by atoms with Crippen molar-refractivity contribution in [1.29, 1.82) is 0 Å². The van der Waals surface area contributed by atoms with Crippen molar-refractivity contribution in [3.8, 4) is 0 Å². The third kappa shape index (κ3) is 3.91. The molecule has 1 aliphatic carbocycles. The second kappa shape index (κ2) is 6.62. The van der Waals surface area contributed by atoms with Crippen LogP contribution in [0.4, 0.5) is 10.5 Å².